The van der Waals surface area contributed by atoms with Crippen molar-refractivity contribution in [2.45, 2.75) is 31.2 Å². The standard InChI is InChI=1S/C18H20N2O3S/c1-12-4-7-16(8-5-12)24(22,23)20-13(2)10-15-11-14(18(21)19-3)6-9-17(15)20/h4-9,11,13H,10H2,1-3H3,(H,19,21)/t13-/m1/s1. The Hall–Kier alpha value is -2.34. The second-order valence-electron chi connectivity index (χ2n) is 6.09. The number of benzene rings is 2. The SMILES string of the molecule is CNC(=O)c1ccc2c(c1)C[C@@H](C)N2S(=O)(=O)c1ccc(C)cc1. The molecule has 0 saturated heterocycles. The minimum Gasteiger partial charge on any atom is -0.355 e. The lowest BCUT2D eigenvalue weighted by molar-refractivity contribution is 0.0963. The molecule has 1 aliphatic rings. The zero-order chi connectivity index (χ0) is 17.5. The third-order valence-electron chi connectivity index (χ3n) is 4.30. The van der Waals surface area contributed by atoms with Crippen LogP contribution >= 0.6 is 0 Å². The highest BCUT2D eigenvalue weighted by atomic mass is 32.2. The van der Waals surface area contributed by atoms with Gasteiger partial charge in [0.15, 0.2) is 0 Å². The van der Waals surface area contributed by atoms with E-state index in [1.54, 1.807) is 49.5 Å². The minimum absolute atomic E-state index is 0.176. The van der Waals surface area contributed by atoms with E-state index in [4.69, 9.17) is 0 Å². The van der Waals surface area contributed by atoms with Crippen molar-refractivity contribution in [1.82, 2.24) is 5.32 Å². The fourth-order valence-electron chi connectivity index (χ4n) is 3.08. The molecular weight excluding hydrogens is 324 g/mol. The zero-order valence-electron chi connectivity index (χ0n) is 13.9. The average molecular weight is 344 g/mol. The first-order chi connectivity index (χ1) is 11.3. The van der Waals surface area contributed by atoms with Crippen LogP contribution in [0.2, 0.25) is 0 Å². The highest BCUT2D eigenvalue weighted by molar-refractivity contribution is 7.92. The molecule has 1 heterocycles. The zero-order valence-corrected chi connectivity index (χ0v) is 14.7. The molecule has 24 heavy (non-hydrogen) atoms. The molecule has 0 aliphatic carbocycles. The number of fused-ring (bicyclic) bond motifs is 1. The summed E-state index contributed by atoms with van der Waals surface area (Å²) in [6.45, 7) is 3.80. The molecule has 0 radical (unpaired) electrons. The van der Waals surface area contributed by atoms with Gasteiger partial charge in [-0.05, 0) is 56.2 Å². The van der Waals surface area contributed by atoms with Gasteiger partial charge in [-0.25, -0.2) is 8.42 Å². The molecule has 1 amide bonds. The number of hydrogen-bond acceptors (Lipinski definition) is 3. The maximum Gasteiger partial charge on any atom is 0.264 e. The van der Waals surface area contributed by atoms with E-state index in [0.717, 1.165) is 11.1 Å². The van der Waals surface area contributed by atoms with Gasteiger partial charge in [-0.3, -0.25) is 9.10 Å². The Morgan fingerprint density at radius 2 is 1.83 bits per heavy atom. The van der Waals surface area contributed by atoms with Crippen LogP contribution in [0.25, 0.3) is 0 Å². The van der Waals surface area contributed by atoms with E-state index in [1.165, 1.54) is 4.31 Å². The molecule has 0 saturated carbocycles. The normalized spacial score (nSPS) is 16.8. The van der Waals surface area contributed by atoms with Gasteiger partial charge >= 0.3 is 0 Å². The van der Waals surface area contributed by atoms with Crippen LogP contribution in [0.4, 0.5) is 5.69 Å². The van der Waals surface area contributed by atoms with Crippen molar-refractivity contribution < 1.29 is 13.2 Å². The van der Waals surface area contributed by atoms with Crippen molar-refractivity contribution in [3.8, 4) is 0 Å². The molecule has 6 heteroatoms. The number of amides is 1. The largest absolute Gasteiger partial charge is 0.355 e. The van der Waals surface area contributed by atoms with Crippen LogP contribution in [-0.2, 0) is 16.4 Å². The van der Waals surface area contributed by atoms with Gasteiger partial charge < -0.3 is 5.32 Å². The Bertz CT molecular complexity index is 889. The topological polar surface area (TPSA) is 66.5 Å². The number of nitrogens with zero attached hydrogens (tertiary/aromatic N) is 1. The predicted octanol–water partition coefficient (Wildman–Crippen LogP) is 2.49. The Balaban J connectivity index is 2.05. The minimum atomic E-state index is -3.62. The third kappa shape index (κ3) is 2.67. The first kappa shape index (κ1) is 16.5. The Labute approximate surface area is 142 Å². The van der Waals surface area contributed by atoms with Crippen molar-refractivity contribution >= 4 is 21.6 Å². The fourth-order valence-corrected chi connectivity index (χ4v) is 4.77. The van der Waals surface area contributed by atoms with Gasteiger partial charge in [-0.15, -0.1) is 0 Å². The van der Waals surface area contributed by atoms with Crippen molar-refractivity contribution in [3.05, 3.63) is 59.2 Å². The van der Waals surface area contributed by atoms with E-state index in [2.05, 4.69) is 5.32 Å². The Kier molecular flexibility index (Phi) is 4.09. The Morgan fingerprint density at radius 1 is 1.17 bits per heavy atom. The van der Waals surface area contributed by atoms with Crippen LogP contribution in [0, 0.1) is 6.92 Å². The molecule has 0 aromatic heterocycles. The van der Waals surface area contributed by atoms with Crippen molar-refractivity contribution in [1.29, 1.82) is 0 Å². The average Bonchev–Trinajstić information content (AvgIpc) is 2.89. The fraction of sp³-hybridized carbons (Fsp3) is 0.278. The number of hydrogen-bond donors (Lipinski definition) is 1. The van der Waals surface area contributed by atoms with E-state index in [-0.39, 0.29) is 16.8 Å². The van der Waals surface area contributed by atoms with Gasteiger partial charge in [0.2, 0.25) is 0 Å². The lowest BCUT2D eigenvalue weighted by Crippen LogP contribution is -2.35. The summed E-state index contributed by atoms with van der Waals surface area (Å²) in [5.74, 6) is -0.176. The maximum absolute atomic E-state index is 13.0. The second kappa shape index (κ2) is 5.94. The number of rotatable bonds is 3. The van der Waals surface area contributed by atoms with Gasteiger partial charge in [0.25, 0.3) is 15.9 Å². The molecule has 2 aromatic rings. The van der Waals surface area contributed by atoms with Crippen LogP contribution in [0.5, 0.6) is 0 Å². The second-order valence-corrected chi connectivity index (χ2v) is 7.90. The molecule has 0 unspecified atom stereocenters. The summed E-state index contributed by atoms with van der Waals surface area (Å²) in [6.07, 6.45) is 0.589. The van der Waals surface area contributed by atoms with Crippen LogP contribution < -0.4 is 9.62 Å². The molecule has 3 rings (SSSR count). The van der Waals surface area contributed by atoms with Crippen LogP contribution in [0.3, 0.4) is 0 Å². The summed E-state index contributed by atoms with van der Waals surface area (Å²) in [6, 6.07) is 11.8. The van der Waals surface area contributed by atoms with E-state index < -0.39 is 10.0 Å². The predicted molar refractivity (Wildman–Crippen MR) is 93.8 cm³/mol. The molecule has 0 bridgehead atoms. The number of aryl methyl sites for hydroxylation is 1. The number of nitrogens with one attached hydrogen (secondary N) is 1. The number of sulfonamides is 1. The molecule has 126 valence electrons. The Morgan fingerprint density at radius 3 is 2.46 bits per heavy atom. The van der Waals surface area contributed by atoms with Crippen LogP contribution in [0.1, 0.15) is 28.4 Å². The number of carbonyl (C=O) groups excluding carboxylic acids is 1. The van der Waals surface area contributed by atoms with Gasteiger partial charge in [-0.2, -0.15) is 0 Å². The molecule has 0 spiro atoms. The van der Waals surface area contributed by atoms with Gasteiger partial charge in [0.1, 0.15) is 0 Å². The summed E-state index contributed by atoms with van der Waals surface area (Å²) in [7, 11) is -2.05. The van der Waals surface area contributed by atoms with E-state index in [0.29, 0.717) is 17.7 Å². The molecule has 1 atom stereocenters. The summed E-state index contributed by atoms with van der Waals surface area (Å²) < 4.78 is 27.5. The summed E-state index contributed by atoms with van der Waals surface area (Å²) in [5.41, 5.74) is 3.08. The molecule has 0 fully saturated rings. The van der Waals surface area contributed by atoms with Crippen molar-refractivity contribution in [2.75, 3.05) is 11.4 Å². The maximum atomic E-state index is 13.0. The van der Waals surface area contributed by atoms with Gasteiger partial charge in [0.05, 0.1) is 10.6 Å². The molecule has 1 N–H and O–H groups in total. The van der Waals surface area contributed by atoms with Gasteiger partial charge in [0, 0.05) is 18.7 Å². The van der Waals surface area contributed by atoms with Crippen molar-refractivity contribution in [2.24, 2.45) is 0 Å². The molecule has 5 nitrogen and oxygen atoms in total. The van der Waals surface area contributed by atoms with Crippen LogP contribution in [-0.4, -0.2) is 27.4 Å². The molecule has 2 aromatic carbocycles. The summed E-state index contributed by atoms with van der Waals surface area (Å²) >= 11 is 0. The van der Waals surface area contributed by atoms with Crippen LogP contribution in [0.15, 0.2) is 47.4 Å². The van der Waals surface area contributed by atoms with Crippen molar-refractivity contribution in [3.63, 3.8) is 0 Å². The van der Waals surface area contributed by atoms with E-state index in [9.17, 15) is 13.2 Å². The summed E-state index contributed by atoms with van der Waals surface area (Å²) in [5, 5.41) is 2.59. The third-order valence-corrected chi connectivity index (χ3v) is 6.24. The summed E-state index contributed by atoms with van der Waals surface area (Å²) in [4.78, 5) is 12.1. The first-order valence-corrected chi connectivity index (χ1v) is 9.24. The molecular formula is C18H20N2O3S. The number of carbonyl (C=O) groups is 1. The highest BCUT2D eigenvalue weighted by Crippen LogP contribution is 2.37. The quantitative estimate of drug-likeness (QED) is 0.930. The lowest BCUT2D eigenvalue weighted by atomic mass is 10.1. The monoisotopic (exact) mass is 344 g/mol. The number of anilines is 1. The van der Waals surface area contributed by atoms with E-state index in [1.807, 2.05) is 13.8 Å². The smallest absolute Gasteiger partial charge is 0.264 e. The highest BCUT2D eigenvalue weighted by Gasteiger charge is 2.36. The first-order valence-electron chi connectivity index (χ1n) is 7.80. The lowest BCUT2D eigenvalue weighted by Gasteiger charge is -2.24. The van der Waals surface area contributed by atoms with Gasteiger partial charge in [-0.1, -0.05) is 17.7 Å². The molecule has 1 aliphatic heterocycles. The van der Waals surface area contributed by atoms with E-state index >= 15 is 0 Å².